The number of nitrogens with one attached hydrogen (secondary N) is 3. The Morgan fingerprint density at radius 1 is 1.19 bits per heavy atom. The summed E-state index contributed by atoms with van der Waals surface area (Å²) in [6.07, 6.45) is 0. The van der Waals surface area contributed by atoms with Gasteiger partial charge in [0.05, 0.1) is 16.3 Å². The summed E-state index contributed by atoms with van der Waals surface area (Å²) in [6, 6.07) is 11.9. The van der Waals surface area contributed by atoms with E-state index in [2.05, 4.69) is 11.4 Å². The zero-order valence-electron chi connectivity index (χ0n) is 15.9. The SMILES string of the molecule is COc1ccc(CNC(=O)[C@H](C)[NH+]2CC[NH+](Cc3ccc(Cl)s3)CC2)cc1. The molecule has 1 atom stereocenters. The second-order valence-electron chi connectivity index (χ2n) is 7.08. The number of carbonyl (C=O) groups is 1. The van der Waals surface area contributed by atoms with Crippen LogP contribution in [0.2, 0.25) is 4.34 Å². The molecule has 2 aromatic rings. The molecule has 5 nitrogen and oxygen atoms in total. The Morgan fingerprint density at radius 2 is 1.89 bits per heavy atom. The molecule has 2 heterocycles. The Labute approximate surface area is 169 Å². The number of quaternary nitrogens is 2. The van der Waals surface area contributed by atoms with Crippen LogP contribution in [0.25, 0.3) is 0 Å². The first-order chi connectivity index (χ1) is 13.0. The summed E-state index contributed by atoms with van der Waals surface area (Å²) in [5.74, 6) is 0.947. The summed E-state index contributed by atoms with van der Waals surface area (Å²) >= 11 is 7.69. The normalized spacial score (nSPS) is 20.9. The van der Waals surface area contributed by atoms with E-state index in [4.69, 9.17) is 16.3 Å². The van der Waals surface area contributed by atoms with Crippen molar-refractivity contribution in [2.45, 2.75) is 26.1 Å². The molecule has 3 rings (SSSR count). The predicted molar refractivity (Wildman–Crippen MR) is 109 cm³/mol. The van der Waals surface area contributed by atoms with Crippen LogP contribution in [0.4, 0.5) is 0 Å². The lowest BCUT2D eigenvalue weighted by Gasteiger charge is -2.32. The van der Waals surface area contributed by atoms with Crippen molar-refractivity contribution < 1.29 is 19.3 Å². The first kappa shape index (κ1) is 20.1. The number of methoxy groups -OCH3 is 1. The monoisotopic (exact) mass is 409 g/mol. The predicted octanol–water partition coefficient (Wildman–Crippen LogP) is 0.398. The molecule has 146 valence electrons. The van der Waals surface area contributed by atoms with Crippen LogP contribution in [0.5, 0.6) is 5.75 Å². The lowest BCUT2D eigenvalue weighted by atomic mass is 10.2. The van der Waals surface area contributed by atoms with Crippen molar-refractivity contribution >= 4 is 28.8 Å². The number of rotatable bonds is 7. The number of halogens is 1. The minimum atomic E-state index is -0.0269. The van der Waals surface area contributed by atoms with Crippen LogP contribution in [-0.2, 0) is 17.9 Å². The summed E-state index contributed by atoms with van der Waals surface area (Å²) < 4.78 is 6.02. The van der Waals surface area contributed by atoms with Gasteiger partial charge in [0.1, 0.15) is 38.5 Å². The van der Waals surface area contributed by atoms with Gasteiger partial charge in [-0.3, -0.25) is 4.79 Å². The second-order valence-corrected chi connectivity index (χ2v) is 8.88. The largest absolute Gasteiger partial charge is 0.497 e. The van der Waals surface area contributed by atoms with Crippen molar-refractivity contribution in [3.8, 4) is 5.75 Å². The molecule has 0 bridgehead atoms. The smallest absolute Gasteiger partial charge is 0.278 e. The summed E-state index contributed by atoms with van der Waals surface area (Å²) in [6.45, 7) is 7.82. The van der Waals surface area contributed by atoms with Gasteiger partial charge in [-0.1, -0.05) is 23.7 Å². The Hall–Kier alpha value is -1.60. The highest BCUT2D eigenvalue weighted by Crippen LogP contribution is 2.20. The van der Waals surface area contributed by atoms with Gasteiger partial charge in [-0.2, -0.15) is 0 Å². The molecule has 0 radical (unpaired) electrons. The maximum atomic E-state index is 12.5. The number of thiophene rings is 1. The number of hydrogen-bond acceptors (Lipinski definition) is 3. The van der Waals surface area contributed by atoms with Crippen LogP contribution in [-0.4, -0.2) is 45.2 Å². The maximum absolute atomic E-state index is 12.5. The van der Waals surface area contributed by atoms with Crippen molar-refractivity contribution in [3.05, 3.63) is 51.2 Å². The maximum Gasteiger partial charge on any atom is 0.278 e. The number of ether oxygens (including phenoxy) is 1. The quantitative estimate of drug-likeness (QED) is 0.620. The zero-order valence-corrected chi connectivity index (χ0v) is 17.5. The molecule has 0 saturated carbocycles. The van der Waals surface area contributed by atoms with E-state index in [1.54, 1.807) is 23.3 Å². The van der Waals surface area contributed by atoms with Crippen molar-refractivity contribution in [3.63, 3.8) is 0 Å². The molecule has 7 heteroatoms. The van der Waals surface area contributed by atoms with Gasteiger partial charge in [-0.15, -0.1) is 11.3 Å². The van der Waals surface area contributed by atoms with Crippen molar-refractivity contribution in [2.75, 3.05) is 33.3 Å². The molecule has 1 aromatic carbocycles. The fraction of sp³-hybridized carbons (Fsp3) is 0.450. The molecule has 1 aromatic heterocycles. The summed E-state index contributed by atoms with van der Waals surface area (Å²) in [5.41, 5.74) is 1.08. The number of piperazine rings is 1. The van der Waals surface area contributed by atoms with Gasteiger partial charge in [0.25, 0.3) is 5.91 Å². The van der Waals surface area contributed by atoms with Crippen molar-refractivity contribution in [1.82, 2.24) is 5.32 Å². The molecule has 1 aliphatic rings. The highest BCUT2D eigenvalue weighted by molar-refractivity contribution is 7.16. The molecule has 1 amide bonds. The van der Waals surface area contributed by atoms with E-state index in [0.717, 1.165) is 48.4 Å². The Balaban J connectivity index is 1.42. The Kier molecular flexibility index (Phi) is 7.13. The van der Waals surface area contributed by atoms with Crippen LogP contribution < -0.4 is 19.9 Å². The molecule has 3 N–H and O–H groups in total. The minimum Gasteiger partial charge on any atom is -0.497 e. The highest BCUT2D eigenvalue weighted by atomic mass is 35.5. The van der Waals surface area contributed by atoms with E-state index in [1.165, 1.54) is 9.78 Å². The van der Waals surface area contributed by atoms with Crippen LogP contribution >= 0.6 is 22.9 Å². The summed E-state index contributed by atoms with van der Waals surface area (Å²) in [7, 11) is 1.65. The van der Waals surface area contributed by atoms with E-state index in [9.17, 15) is 4.79 Å². The number of amides is 1. The average molecular weight is 410 g/mol. The third kappa shape index (κ3) is 5.69. The number of hydrogen-bond donors (Lipinski definition) is 3. The van der Waals surface area contributed by atoms with Gasteiger partial charge in [0.2, 0.25) is 0 Å². The Morgan fingerprint density at radius 3 is 2.48 bits per heavy atom. The summed E-state index contributed by atoms with van der Waals surface area (Å²) in [5, 5.41) is 3.07. The first-order valence-corrected chi connectivity index (χ1v) is 10.6. The molecular formula is C20H28ClN3O2S+2. The molecule has 27 heavy (non-hydrogen) atoms. The van der Waals surface area contributed by atoms with Gasteiger partial charge in [0.15, 0.2) is 6.04 Å². The van der Waals surface area contributed by atoms with Gasteiger partial charge >= 0.3 is 0 Å². The highest BCUT2D eigenvalue weighted by Gasteiger charge is 2.31. The molecule has 0 spiro atoms. The van der Waals surface area contributed by atoms with Crippen LogP contribution in [0.3, 0.4) is 0 Å². The van der Waals surface area contributed by atoms with Gasteiger partial charge in [-0.25, -0.2) is 0 Å². The zero-order chi connectivity index (χ0) is 19.2. The molecule has 1 fully saturated rings. The van der Waals surface area contributed by atoms with Crippen LogP contribution in [0.1, 0.15) is 17.4 Å². The molecular weight excluding hydrogens is 382 g/mol. The van der Waals surface area contributed by atoms with E-state index in [1.807, 2.05) is 37.3 Å². The van der Waals surface area contributed by atoms with Crippen molar-refractivity contribution in [2.24, 2.45) is 0 Å². The molecule has 0 unspecified atom stereocenters. The third-order valence-electron chi connectivity index (χ3n) is 5.28. The lowest BCUT2D eigenvalue weighted by molar-refractivity contribution is -1.02. The lowest BCUT2D eigenvalue weighted by Crippen LogP contribution is -3.29. The van der Waals surface area contributed by atoms with E-state index in [-0.39, 0.29) is 11.9 Å². The topological polar surface area (TPSA) is 47.2 Å². The van der Waals surface area contributed by atoms with Gasteiger partial charge in [-0.05, 0) is 36.8 Å². The van der Waals surface area contributed by atoms with E-state index >= 15 is 0 Å². The molecule has 1 aliphatic heterocycles. The summed E-state index contributed by atoms with van der Waals surface area (Å²) in [4.78, 5) is 16.8. The molecule has 0 aliphatic carbocycles. The minimum absolute atomic E-state index is 0.0269. The van der Waals surface area contributed by atoms with E-state index < -0.39 is 0 Å². The fourth-order valence-corrected chi connectivity index (χ4v) is 4.66. The number of benzene rings is 1. The first-order valence-electron chi connectivity index (χ1n) is 9.38. The van der Waals surface area contributed by atoms with E-state index in [0.29, 0.717) is 6.54 Å². The van der Waals surface area contributed by atoms with Gasteiger partial charge < -0.3 is 19.9 Å². The Bertz CT molecular complexity index is 742. The second kappa shape index (κ2) is 9.55. The fourth-order valence-electron chi connectivity index (χ4n) is 3.50. The average Bonchev–Trinajstić information content (AvgIpc) is 3.11. The standard InChI is InChI=1S/C20H26ClN3O2S/c1-15(20(25)22-13-16-3-5-17(26-2)6-4-16)24-11-9-23(10-12-24)14-18-7-8-19(21)27-18/h3-8,15H,9-14H2,1-2H3,(H,22,25)/p+2/t15-/m0/s1. The van der Waals surface area contributed by atoms with Gasteiger partial charge in [0, 0.05) is 6.54 Å². The van der Waals surface area contributed by atoms with Crippen molar-refractivity contribution in [1.29, 1.82) is 0 Å². The number of carbonyl (C=O) groups excluding carboxylic acids is 1. The molecule has 1 saturated heterocycles. The van der Waals surface area contributed by atoms with Crippen LogP contribution in [0.15, 0.2) is 36.4 Å². The van der Waals surface area contributed by atoms with Crippen LogP contribution in [0, 0.1) is 0 Å². The third-order valence-corrected chi connectivity index (χ3v) is 6.52.